The average molecular weight is 402 g/mol. The number of fused-ring (bicyclic) bond motifs is 2. The maximum atomic E-state index is 13.1. The van der Waals surface area contributed by atoms with E-state index in [4.69, 9.17) is 18.3 Å². The first-order valence-corrected chi connectivity index (χ1v) is 10.1. The summed E-state index contributed by atoms with van der Waals surface area (Å²) in [5.41, 5.74) is 3.22. The number of aromatic nitrogens is 2. The molecule has 28 heavy (non-hydrogen) atoms. The zero-order valence-corrected chi connectivity index (χ0v) is 15.9. The summed E-state index contributed by atoms with van der Waals surface area (Å²) in [5, 5.41) is 0.733. The second-order valence-electron chi connectivity index (χ2n) is 6.56. The highest BCUT2D eigenvalue weighted by atomic mass is 31.2. The highest BCUT2D eigenvalue weighted by Gasteiger charge is 2.45. The zero-order valence-electron chi connectivity index (χ0n) is 15.0. The number of pyridine rings is 1. The van der Waals surface area contributed by atoms with Crippen molar-refractivity contribution in [3.63, 3.8) is 0 Å². The van der Waals surface area contributed by atoms with Crippen molar-refractivity contribution in [2.24, 2.45) is 0 Å². The zero-order chi connectivity index (χ0) is 19.5. The van der Waals surface area contributed by atoms with Gasteiger partial charge in [-0.15, -0.1) is 6.58 Å². The third-order valence-corrected chi connectivity index (χ3v) is 6.08. The van der Waals surface area contributed by atoms with E-state index in [0.717, 1.165) is 22.2 Å². The van der Waals surface area contributed by atoms with Gasteiger partial charge < -0.3 is 18.4 Å². The topological polar surface area (TPSA) is 71.8 Å². The van der Waals surface area contributed by atoms with Gasteiger partial charge >= 0.3 is 7.82 Å². The van der Waals surface area contributed by atoms with Crippen molar-refractivity contribution in [3.8, 4) is 17.5 Å². The predicted molar refractivity (Wildman–Crippen MR) is 99.1 cm³/mol. The molecule has 0 radical (unpaired) electrons. The minimum atomic E-state index is -3.75. The second-order valence-corrected chi connectivity index (χ2v) is 8.08. The van der Waals surface area contributed by atoms with Gasteiger partial charge in [0.2, 0.25) is 11.6 Å². The van der Waals surface area contributed by atoms with Crippen LogP contribution in [0.4, 0.5) is 4.39 Å². The van der Waals surface area contributed by atoms with Crippen LogP contribution in [-0.2, 0) is 28.8 Å². The monoisotopic (exact) mass is 402 g/mol. The molecule has 1 unspecified atom stereocenters. The van der Waals surface area contributed by atoms with Gasteiger partial charge in [-0.2, -0.15) is 4.98 Å². The maximum Gasteiger partial charge on any atom is 0.589 e. The quantitative estimate of drug-likeness (QED) is 0.457. The van der Waals surface area contributed by atoms with Gasteiger partial charge in [0.15, 0.2) is 0 Å². The SMILES string of the molecule is C=CCn1c2c(C)c3c4c(nc(OCc5ccc(F)cc5)c31)OP(=O)(OC2)O4. The molecule has 0 spiro atoms. The molecule has 3 aromatic rings. The number of hydrogen-bond acceptors (Lipinski definition) is 6. The fourth-order valence-electron chi connectivity index (χ4n) is 3.52. The Morgan fingerprint density at radius 3 is 2.89 bits per heavy atom. The Morgan fingerprint density at radius 1 is 1.36 bits per heavy atom. The summed E-state index contributed by atoms with van der Waals surface area (Å²) >= 11 is 0. The molecular formula is C19H16FN2O5P. The third-order valence-electron chi connectivity index (χ3n) is 4.83. The Kier molecular flexibility index (Phi) is 3.76. The molecular weight excluding hydrogens is 386 g/mol. The molecule has 0 fully saturated rings. The number of hydrogen-bond donors (Lipinski definition) is 0. The molecule has 1 atom stereocenters. The third kappa shape index (κ3) is 2.52. The van der Waals surface area contributed by atoms with Crippen LogP contribution in [-0.4, -0.2) is 9.55 Å². The molecule has 144 valence electrons. The van der Waals surface area contributed by atoms with Crippen LogP contribution in [0.15, 0.2) is 36.9 Å². The van der Waals surface area contributed by atoms with Crippen molar-refractivity contribution < 1.29 is 27.3 Å². The molecule has 7 nitrogen and oxygen atoms in total. The molecule has 2 aliphatic heterocycles. The average Bonchev–Trinajstić information content (AvgIpc) is 3.15. The van der Waals surface area contributed by atoms with E-state index in [2.05, 4.69) is 11.6 Å². The maximum absolute atomic E-state index is 13.1. The number of rotatable bonds is 5. The number of benzene rings is 1. The molecule has 2 aliphatic rings. The fraction of sp³-hybridized carbons (Fsp3) is 0.211. The van der Waals surface area contributed by atoms with Gasteiger partial charge in [0.05, 0.1) is 5.39 Å². The highest BCUT2D eigenvalue weighted by molar-refractivity contribution is 7.49. The lowest BCUT2D eigenvalue weighted by molar-refractivity contribution is 0.211. The van der Waals surface area contributed by atoms with Crippen molar-refractivity contribution in [2.45, 2.75) is 26.7 Å². The summed E-state index contributed by atoms with van der Waals surface area (Å²) in [4.78, 5) is 4.39. The summed E-state index contributed by atoms with van der Waals surface area (Å²) in [6, 6.07) is 6.03. The van der Waals surface area contributed by atoms with Crippen LogP contribution < -0.4 is 13.8 Å². The fourth-order valence-corrected chi connectivity index (χ4v) is 4.67. The Labute approximate surface area is 159 Å². The number of allylic oxidation sites excluding steroid dienone is 1. The van der Waals surface area contributed by atoms with E-state index < -0.39 is 7.82 Å². The minimum absolute atomic E-state index is 0.0652. The van der Waals surface area contributed by atoms with E-state index in [1.807, 2.05) is 11.5 Å². The summed E-state index contributed by atoms with van der Waals surface area (Å²) in [6.45, 7) is 6.48. The first-order valence-electron chi connectivity index (χ1n) is 8.66. The standard InChI is InChI=1S/C19H16FN2O5P/c1-3-8-22-14-10-25-28(23)26-17-15(11(14)2)16(22)18(21-19(17)27-28)24-9-12-4-6-13(20)7-5-12/h3-7H,1,8-10H2,2H3. The van der Waals surface area contributed by atoms with Crippen LogP contribution in [0.1, 0.15) is 16.8 Å². The number of ether oxygens (including phenoxy) is 1. The first kappa shape index (κ1) is 17.3. The van der Waals surface area contributed by atoms with E-state index in [1.165, 1.54) is 12.1 Å². The van der Waals surface area contributed by atoms with Crippen molar-refractivity contribution in [1.82, 2.24) is 9.55 Å². The Balaban J connectivity index is 1.68. The molecule has 1 aromatic carbocycles. The van der Waals surface area contributed by atoms with Gasteiger partial charge in [-0.05, 0) is 30.2 Å². The van der Waals surface area contributed by atoms with Gasteiger partial charge in [0.1, 0.15) is 24.5 Å². The van der Waals surface area contributed by atoms with E-state index in [-0.39, 0.29) is 24.9 Å². The molecule has 0 N–H and O–H groups in total. The van der Waals surface area contributed by atoms with Crippen LogP contribution in [0.5, 0.6) is 17.5 Å². The molecule has 0 aliphatic carbocycles. The Hall–Kier alpha value is -2.83. The van der Waals surface area contributed by atoms with Gasteiger partial charge in [-0.25, -0.2) is 8.96 Å². The number of aryl methyl sites for hydroxylation is 1. The predicted octanol–water partition coefficient (Wildman–Crippen LogP) is 4.66. The van der Waals surface area contributed by atoms with E-state index in [9.17, 15) is 8.96 Å². The largest absolute Gasteiger partial charge is 0.589 e. The van der Waals surface area contributed by atoms with Crippen molar-refractivity contribution in [1.29, 1.82) is 0 Å². The lowest BCUT2D eigenvalue weighted by Gasteiger charge is -2.14. The normalized spacial score (nSPS) is 19.4. The first-order chi connectivity index (χ1) is 13.5. The van der Waals surface area contributed by atoms with E-state index >= 15 is 0 Å². The van der Waals surface area contributed by atoms with Crippen molar-refractivity contribution >= 4 is 18.7 Å². The van der Waals surface area contributed by atoms with Crippen LogP contribution in [0, 0.1) is 12.7 Å². The van der Waals surface area contributed by atoms with Crippen LogP contribution in [0.3, 0.4) is 0 Å². The highest BCUT2D eigenvalue weighted by Crippen LogP contribution is 2.63. The van der Waals surface area contributed by atoms with Crippen LogP contribution in [0.2, 0.25) is 0 Å². The van der Waals surface area contributed by atoms with Crippen molar-refractivity contribution in [2.75, 3.05) is 0 Å². The van der Waals surface area contributed by atoms with Crippen LogP contribution >= 0.6 is 7.82 Å². The molecule has 2 aromatic heterocycles. The molecule has 5 rings (SSSR count). The lowest BCUT2D eigenvalue weighted by atomic mass is 10.1. The van der Waals surface area contributed by atoms with Crippen molar-refractivity contribution in [3.05, 3.63) is 59.6 Å². The number of phosphoric ester groups is 1. The molecule has 4 bridgehead atoms. The van der Waals surface area contributed by atoms with Gasteiger partial charge in [0, 0.05) is 12.2 Å². The number of halogens is 1. The van der Waals surface area contributed by atoms with Gasteiger partial charge in [-0.3, -0.25) is 4.52 Å². The van der Waals surface area contributed by atoms with Gasteiger partial charge in [-0.1, -0.05) is 18.2 Å². The molecule has 4 heterocycles. The molecule has 0 amide bonds. The smallest absolute Gasteiger partial charge is 0.471 e. The Morgan fingerprint density at radius 2 is 2.14 bits per heavy atom. The summed E-state index contributed by atoms with van der Waals surface area (Å²) < 4.78 is 50.1. The lowest BCUT2D eigenvalue weighted by Crippen LogP contribution is -2.08. The van der Waals surface area contributed by atoms with Gasteiger partial charge in [0.25, 0.3) is 5.88 Å². The van der Waals surface area contributed by atoms with E-state index in [0.29, 0.717) is 23.7 Å². The van der Waals surface area contributed by atoms with Crippen LogP contribution in [0.25, 0.3) is 10.9 Å². The summed E-state index contributed by atoms with van der Waals surface area (Å²) in [5.74, 6) is 0.379. The summed E-state index contributed by atoms with van der Waals surface area (Å²) in [6.07, 6.45) is 1.75. The summed E-state index contributed by atoms with van der Waals surface area (Å²) in [7, 11) is -3.75. The van der Waals surface area contributed by atoms with E-state index in [1.54, 1.807) is 18.2 Å². The minimum Gasteiger partial charge on any atom is -0.471 e. The second kappa shape index (κ2) is 6.09. The Bertz CT molecular complexity index is 1170. The molecule has 0 saturated heterocycles. The molecule has 0 saturated carbocycles. The molecule has 9 heteroatoms. The number of nitrogens with zero attached hydrogens (tertiary/aromatic N) is 2. The number of phosphoric acid groups is 1.